The lowest BCUT2D eigenvalue weighted by atomic mass is 10.0. The third kappa shape index (κ3) is 2.36. The molecule has 0 saturated carbocycles. The van der Waals surface area contributed by atoms with Crippen molar-refractivity contribution in [3.8, 4) is 6.07 Å². The van der Waals surface area contributed by atoms with E-state index in [0.717, 1.165) is 0 Å². The van der Waals surface area contributed by atoms with Crippen LogP contribution in [-0.2, 0) is 0 Å². The third-order valence-electron chi connectivity index (χ3n) is 1.83. The van der Waals surface area contributed by atoms with Crippen LogP contribution in [0, 0.1) is 14.9 Å². The normalized spacial score (nSPS) is 9.40. The van der Waals surface area contributed by atoms with Crippen molar-refractivity contribution in [2.45, 2.75) is 0 Å². The predicted molar refractivity (Wildman–Crippen MR) is 64.3 cm³/mol. The molecule has 0 N–H and O–H groups in total. The van der Waals surface area contributed by atoms with Crippen molar-refractivity contribution >= 4 is 46.3 Å². The van der Waals surface area contributed by atoms with Crippen LogP contribution in [0.3, 0.4) is 0 Å². The fourth-order valence-electron chi connectivity index (χ4n) is 1.10. The summed E-state index contributed by atoms with van der Waals surface area (Å²) in [4.78, 5) is 22.0. The first kappa shape index (κ1) is 12.1. The standard InChI is InChI=1S/C10H5ClINO2/c11-3-9(15)7-2-1-6(5-14)10(12)8(7)4-13/h1-2,5H,3H2. The number of rotatable bonds is 3. The molecule has 0 radical (unpaired) electrons. The number of alkyl halides is 1. The zero-order chi connectivity index (χ0) is 11.4. The van der Waals surface area contributed by atoms with E-state index in [9.17, 15) is 9.59 Å². The summed E-state index contributed by atoms with van der Waals surface area (Å²) in [6, 6.07) is 4.87. The maximum Gasteiger partial charge on any atom is 0.178 e. The quantitative estimate of drug-likeness (QED) is 0.369. The smallest absolute Gasteiger partial charge is 0.178 e. The number of aldehydes is 1. The van der Waals surface area contributed by atoms with Gasteiger partial charge in [-0.2, -0.15) is 5.26 Å². The first-order valence-corrected chi connectivity index (χ1v) is 5.54. The molecule has 1 aromatic carbocycles. The van der Waals surface area contributed by atoms with Gasteiger partial charge >= 0.3 is 0 Å². The van der Waals surface area contributed by atoms with Crippen LogP contribution in [0.4, 0.5) is 0 Å². The van der Waals surface area contributed by atoms with Crippen LogP contribution in [0.1, 0.15) is 26.3 Å². The zero-order valence-electron chi connectivity index (χ0n) is 7.46. The first-order chi connectivity index (χ1) is 7.15. The summed E-state index contributed by atoms with van der Waals surface area (Å²) in [7, 11) is 0. The number of benzene rings is 1. The highest BCUT2D eigenvalue weighted by molar-refractivity contribution is 14.1. The molecule has 0 heterocycles. The molecular formula is C10H5ClINO2. The Bertz CT molecular complexity index is 465. The second-order valence-corrected chi connectivity index (χ2v) is 4.02. The Morgan fingerprint density at radius 1 is 1.60 bits per heavy atom. The van der Waals surface area contributed by atoms with Crippen LogP contribution < -0.4 is 0 Å². The molecule has 0 aliphatic rings. The summed E-state index contributed by atoms with van der Waals surface area (Å²) in [5.41, 5.74) is 0.881. The fourth-order valence-corrected chi connectivity index (χ4v) is 1.96. The SMILES string of the molecule is N#Cc1c(C(=O)CCl)ccc(C=O)c1I. The molecule has 0 aliphatic carbocycles. The molecular weight excluding hydrogens is 328 g/mol. The summed E-state index contributed by atoms with van der Waals surface area (Å²) in [5, 5.41) is 8.90. The van der Waals surface area contributed by atoms with Gasteiger partial charge in [0.1, 0.15) is 6.07 Å². The van der Waals surface area contributed by atoms with Gasteiger partial charge in [-0.15, -0.1) is 11.6 Å². The van der Waals surface area contributed by atoms with Gasteiger partial charge in [-0.05, 0) is 34.7 Å². The number of carbonyl (C=O) groups excluding carboxylic acids is 2. The lowest BCUT2D eigenvalue weighted by Gasteiger charge is -2.04. The highest BCUT2D eigenvalue weighted by Gasteiger charge is 2.15. The summed E-state index contributed by atoms with van der Waals surface area (Å²) >= 11 is 7.28. The lowest BCUT2D eigenvalue weighted by Crippen LogP contribution is -2.06. The van der Waals surface area contributed by atoms with E-state index in [-0.39, 0.29) is 22.8 Å². The van der Waals surface area contributed by atoms with E-state index in [0.29, 0.717) is 15.4 Å². The molecule has 0 fully saturated rings. The monoisotopic (exact) mass is 333 g/mol. The van der Waals surface area contributed by atoms with E-state index < -0.39 is 0 Å². The fraction of sp³-hybridized carbons (Fsp3) is 0.100. The molecule has 0 bridgehead atoms. The summed E-state index contributed by atoms with van der Waals surface area (Å²) in [5.74, 6) is -0.492. The van der Waals surface area contributed by atoms with E-state index in [4.69, 9.17) is 16.9 Å². The molecule has 1 aromatic rings. The molecule has 0 aliphatic heterocycles. The van der Waals surface area contributed by atoms with Gasteiger partial charge in [-0.25, -0.2) is 0 Å². The number of hydrogen-bond acceptors (Lipinski definition) is 3. The Morgan fingerprint density at radius 3 is 2.73 bits per heavy atom. The lowest BCUT2D eigenvalue weighted by molar-refractivity contribution is 0.101. The van der Waals surface area contributed by atoms with Crippen LogP contribution in [0.5, 0.6) is 0 Å². The topological polar surface area (TPSA) is 57.9 Å². The molecule has 1 rings (SSSR count). The Hall–Kier alpha value is -0.930. The maximum absolute atomic E-state index is 11.4. The molecule has 3 nitrogen and oxygen atoms in total. The number of Topliss-reactive ketones (excluding diaryl/α,β-unsaturated/α-hetero) is 1. The molecule has 0 spiro atoms. The van der Waals surface area contributed by atoms with Crippen molar-refractivity contribution < 1.29 is 9.59 Å². The first-order valence-electron chi connectivity index (χ1n) is 3.92. The van der Waals surface area contributed by atoms with Gasteiger partial charge in [0, 0.05) is 14.7 Å². The third-order valence-corrected chi connectivity index (χ3v) is 3.24. The summed E-state index contributed by atoms with van der Waals surface area (Å²) < 4.78 is 0.487. The van der Waals surface area contributed by atoms with E-state index in [1.807, 2.05) is 28.7 Å². The van der Waals surface area contributed by atoms with Crippen molar-refractivity contribution in [1.82, 2.24) is 0 Å². The van der Waals surface area contributed by atoms with E-state index >= 15 is 0 Å². The van der Waals surface area contributed by atoms with E-state index in [2.05, 4.69) is 0 Å². The van der Waals surface area contributed by atoms with Gasteiger partial charge in [0.25, 0.3) is 0 Å². The predicted octanol–water partition coefficient (Wildman–Crippen LogP) is 2.40. The van der Waals surface area contributed by atoms with E-state index in [1.165, 1.54) is 12.1 Å². The van der Waals surface area contributed by atoms with Crippen LogP contribution in [0.2, 0.25) is 0 Å². The van der Waals surface area contributed by atoms with Crippen molar-refractivity contribution in [2.75, 3.05) is 5.88 Å². The molecule has 0 saturated heterocycles. The van der Waals surface area contributed by atoms with Crippen LogP contribution in [0.25, 0.3) is 0 Å². The number of halogens is 2. The molecule has 0 aromatic heterocycles. The van der Waals surface area contributed by atoms with Gasteiger partial charge < -0.3 is 0 Å². The van der Waals surface area contributed by atoms with Gasteiger partial charge in [-0.3, -0.25) is 9.59 Å². The second-order valence-electron chi connectivity index (χ2n) is 2.68. The van der Waals surface area contributed by atoms with Crippen molar-refractivity contribution in [2.24, 2.45) is 0 Å². The van der Waals surface area contributed by atoms with Gasteiger partial charge in [0.2, 0.25) is 0 Å². The minimum atomic E-state index is -0.316. The van der Waals surface area contributed by atoms with Gasteiger partial charge in [0.05, 0.1) is 11.4 Å². The molecule has 0 atom stereocenters. The maximum atomic E-state index is 11.4. The Balaban J connectivity index is 3.45. The number of nitriles is 1. The average molecular weight is 334 g/mol. The number of nitrogens with zero attached hydrogens (tertiary/aromatic N) is 1. The summed E-state index contributed by atoms with van der Waals surface area (Å²) in [6.07, 6.45) is 0.650. The van der Waals surface area contributed by atoms with Crippen molar-refractivity contribution in [3.05, 3.63) is 32.4 Å². The average Bonchev–Trinajstić information content (AvgIpc) is 2.27. The van der Waals surface area contributed by atoms with Crippen LogP contribution in [-0.4, -0.2) is 17.9 Å². The molecule has 0 amide bonds. The molecule has 0 unspecified atom stereocenters. The molecule has 5 heteroatoms. The number of carbonyl (C=O) groups is 2. The molecule has 76 valence electrons. The van der Waals surface area contributed by atoms with Crippen LogP contribution in [0.15, 0.2) is 12.1 Å². The minimum absolute atomic E-state index is 0.175. The number of ketones is 1. The Kier molecular flexibility index (Phi) is 4.24. The largest absolute Gasteiger partial charge is 0.298 e. The minimum Gasteiger partial charge on any atom is -0.298 e. The van der Waals surface area contributed by atoms with Crippen molar-refractivity contribution in [1.29, 1.82) is 5.26 Å². The van der Waals surface area contributed by atoms with E-state index in [1.54, 1.807) is 0 Å². The zero-order valence-corrected chi connectivity index (χ0v) is 10.4. The second kappa shape index (κ2) is 5.24. The summed E-state index contributed by atoms with van der Waals surface area (Å²) in [6.45, 7) is 0. The molecule has 15 heavy (non-hydrogen) atoms. The van der Waals surface area contributed by atoms with Crippen molar-refractivity contribution in [3.63, 3.8) is 0 Å². The van der Waals surface area contributed by atoms with Gasteiger partial charge in [0.15, 0.2) is 12.1 Å². The van der Waals surface area contributed by atoms with Crippen LogP contribution >= 0.6 is 34.2 Å². The highest BCUT2D eigenvalue weighted by Crippen LogP contribution is 2.20. The number of hydrogen-bond donors (Lipinski definition) is 0. The Morgan fingerprint density at radius 2 is 2.27 bits per heavy atom. The van der Waals surface area contributed by atoms with Gasteiger partial charge in [-0.1, -0.05) is 0 Å². The Labute approximate surface area is 105 Å². The highest BCUT2D eigenvalue weighted by atomic mass is 127.